The second-order valence-corrected chi connectivity index (χ2v) is 6.22. The lowest BCUT2D eigenvalue weighted by molar-refractivity contribution is 0.125. The molecule has 2 rings (SSSR count). The molecule has 0 spiro atoms. The van der Waals surface area contributed by atoms with Gasteiger partial charge in [0, 0.05) is 58.0 Å². The molecule has 1 aromatic rings. The van der Waals surface area contributed by atoms with E-state index in [9.17, 15) is 4.79 Å². The summed E-state index contributed by atoms with van der Waals surface area (Å²) < 4.78 is 5.07. The van der Waals surface area contributed by atoms with E-state index < -0.39 is 0 Å². The minimum Gasteiger partial charge on any atom is -0.385 e. The minimum absolute atomic E-state index is 0.0311. The number of halogens is 1. The highest BCUT2D eigenvalue weighted by atomic mass is 35.5. The summed E-state index contributed by atoms with van der Waals surface area (Å²) in [6.07, 6.45) is 1.84. The van der Waals surface area contributed by atoms with Gasteiger partial charge in [-0.2, -0.15) is 0 Å². The fourth-order valence-corrected chi connectivity index (χ4v) is 2.94. The van der Waals surface area contributed by atoms with Crippen LogP contribution in [0.3, 0.4) is 0 Å². The quantitative estimate of drug-likeness (QED) is 0.775. The van der Waals surface area contributed by atoms with Gasteiger partial charge in [0.2, 0.25) is 0 Å². The fraction of sp³-hybridized carbons (Fsp3) is 0.588. The summed E-state index contributed by atoms with van der Waals surface area (Å²) >= 11 is 5.96. The lowest BCUT2D eigenvalue weighted by Gasteiger charge is -2.34. The van der Waals surface area contributed by atoms with Crippen LogP contribution >= 0.6 is 11.6 Å². The maximum absolute atomic E-state index is 12.2. The molecule has 0 bridgehead atoms. The van der Waals surface area contributed by atoms with E-state index in [1.54, 1.807) is 7.11 Å². The Hall–Kier alpha value is -1.30. The van der Waals surface area contributed by atoms with Crippen molar-refractivity contribution in [1.82, 2.24) is 15.1 Å². The summed E-state index contributed by atoms with van der Waals surface area (Å²) in [5.74, 6) is 0. The first kappa shape index (κ1) is 18.0. The average molecular weight is 340 g/mol. The standard InChI is InChI=1S/C17H26ClN3O2/c1-23-13-3-8-20-9-11-21(12-10-20)17(22)19-7-6-15-4-2-5-16(18)14-15/h2,4-5,14H,3,6-13H2,1H3,(H,19,22). The van der Waals surface area contributed by atoms with Crippen LogP contribution < -0.4 is 5.32 Å². The van der Waals surface area contributed by atoms with Crippen molar-refractivity contribution >= 4 is 17.6 Å². The second-order valence-electron chi connectivity index (χ2n) is 5.79. The highest BCUT2D eigenvalue weighted by Gasteiger charge is 2.20. The van der Waals surface area contributed by atoms with Crippen LogP contribution in [0.15, 0.2) is 24.3 Å². The van der Waals surface area contributed by atoms with Crippen molar-refractivity contribution < 1.29 is 9.53 Å². The third kappa shape index (κ3) is 6.37. The van der Waals surface area contributed by atoms with E-state index >= 15 is 0 Å². The number of hydrogen-bond acceptors (Lipinski definition) is 3. The van der Waals surface area contributed by atoms with Gasteiger partial charge in [0.15, 0.2) is 0 Å². The first-order valence-corrected chi connectivity index (χ1v) is 8.55. The molecule has 1 heterocycles. The fourth-order valence-electron chi connectivity index (χ4n) is 2.73. The molecule has 0 radical (unpaired) electrons. The molecule has 1 fully saturated rings. The number of ether oxygens (including phenoxy) is 1. The van der Waals surface area contributed by atoms with Crippen molar-refractivity contribution in [3.05, 3.63) is 34.9 Å². The first-order chi connectivity index (χ1) is 11.2. The highest BCUT2D eigenvalue weighted by Crippen LogP contribution is 2.10. The van der Waals surface area contributed by atoms with Gasteiger partial charge in [0.25, 0.3) is 0 Å². The summed E-state index contributed by atoms with van der Waals surface area (Å²) in [7, 11) is 1.73. The minimum atomic E-state index is 0.0311. The summed E-state index contributed by atoms with van der Waals surface area (Å²) in [6.45, 7) is 5.91. The molecule has 23 heavy (non-hydrogen) atoms. The van der Waals surface area contributed by atoms with E-state index in [0.717, 1.165) is 62.8 Å². The van der Waals surface area contributed by atoms with Gasteiger partial charge in [0.05, 0.1) is 0 Å². The second kappa shape index (κ2) is 9.75. The van der Waals surface area contributed by atoms with Gasteiger partial charge in [-0.15, -0.1) is 0 Å². The number of rotatable bonds is 7. The number of carbonyl (C=O) groups excluding carboxylic acids is 1. The van der Waals surface area contributed by atoms with E-state index in [-0.39, 0.29) is 6.03 Å². The van der Waals surface area contributed by atoms with E-state index in [4.69, 9.17) is 16.3 Å². The van der Waals surface area contributed by atoms with Crippen LogP contribution in [0.1, 0.15) is 12.0 Å². The predicted molar refractivity (Wildman–Crippen MR) is 93.1 cm³/mol. The molecule has 2 amide bonds. The highest BCUT2D eigenvalue weighted by molar-refractivity contribution is 6.30. The van der Waals surface area contributed by atoms with Gasteiger partial charge in [-0.3, -0.25) is 4.90 Å². The van der Waals surface area contributed by atoms with Crippen LogP contribution in [0.25, 0.3) is 0 Å². The third-order valence-corrected chi connectivity index (χ3v) is 4.30. The van der Waals surface area contributed by atoms with Crippen molar-refractivity contribution in [2.24, 2.45) is 0 Å². The Morgan fingerprint density at radius 3 is 2.78 bits per heavy atom. The lowest BCUT2D eigenvalue weighted by atomic mass is 10.1. The van der Waals surface area contributed by atoms with Crippen molar-refractivity contribution in [3.63, 3.8) is 0 Å². The Bertz CT molecular complexity index is 490. The molecule has 1 aromatic carbocycles. The predicted octanol–water partition coefficient (Wildman–Crippen LogP) is 2.25. The van der Waals surface area contributed by atoms with E-state index in [1.807, 2.05) is 29.2 Å². The molecule has 0 saturated carbocycles. The summed E-state index contributed by atoms with van der Waals surface area (Å²) in [4.78, 5) is 16.4. The molecule has 0 atom stereocenters. The Kier molecular flexibility index (Phi) is 7.65. The number of piperazine rings is 1. The summed E-state index contributed by atoms with van der Waals surface area (Å²) in [5.41, 5.74) is 1.14. The maximum atomic E-state index is 12.2. The molecule has 1 N–H and O–H groups in total. The molecule has 128 valence electrons. The molecular weight excluding hydrogens is 314 g/mol. The van der Waals surface area contributed by atoms with Crippen molar-refractivity contribution in [2.75, 3.05) is 53.0 Å². The Labute approximate surface area is 143 Å². The Balaban J connectivity index is 1.63. The average Bonchev–Trinajstić information content (AvgIpc) is 2.56. The largest absolute Gasteiger partial charge is 0.385 e. The van der Waals surface area contributed by atoms with E-state index in [1.165, 1.54) is 0 Å². The number of carbonyl (C=O) groups is 1. The summed E-state index contributed by atoms with van der Waals surface area (Å²) in [6, 6.07) is 7.78. The van der Waals surface area contributed by atoms with Gasteiger partial charge in [-0.25, -0.2) is 4.79 Å². The number of hydrogen-bond donors (Lipinski definition) is 1. The molecule has 6 heteroatoms. The molecular formula is C17H26ClN3O2. The lowest BCUT2D eigenvalue weighted by Crippen LogP contribution is -2.52. The van der Waals surface area contributed by atoms with E-state index in [0.29, 0.717) is 6.54 Å². The van der Waals surface area contributed by atoms with Crippen molar-refractivity contribution in [3.8, 4) is 0 Å². The van der Waals surface area contributed by atoms with Crippen LogP contribution in [0.5, 0.6) is 0 Å². The molecule has 5 nitrogen and oxygen atoms in total. The number of nitrogens with one attached hydrogen (secondary N) is 1. The zero-order chi connectivity index (χ0) is 16.5. The number of benzene rings is 1. The van der Waals surface area contributed by atoms with Gasteiger partial charge >= 0.3 is 6.03 Å². The normalized spacial score (nSPS) is 15.7. The van der Waals surface area contributed by atoms with Crippen molar-refractivity contribution in [1.29, 1.82) is 0 Å². The zero-order valence-electron chi connectivity index (χ0n) is 13.8. The van der Waals surface area contributed by atoms with Crippen LogP contribution in [0.4, 0.5) is 4.79 Å². The first-order valence-electron chi connectivity index (χ1n) is 8.17. The number of nitrogens with zero attached hydrogens (tertiary/aromatic N) is 2. The molecule has 1 aliphatic heterocycles. The van der Waals surface area contributed by atoms with Gasteiger partial charge in [0.1, 0.15) is 0 Å². The topological polar surface area (TPSA) is 44.8 Å². The van der Waals surface area contributed by atoms with E-state index in [2.05, 4.69) is 10.2 Å². The number of urea groups is 1. The van der Waals surface area contributed by atoms with Crippen LogP contribution in [0.2, 0.25) is 5.02 Å². The van der Waals surface area contributed by atoms with Gasteiger partial charge < -0.3 is 15.0 Å². The SMILES string of the molecule is COCCCN1CCN(C(=O)NCCc2cccc(Cl)c2)CC1. The monoisotopic (exact) mass is 339 g/mol. The summed E-state index contributed by atoms with van der Waals surface area (Å²) in [5, 5.41) is 3.73. The van der Waals surface area contributed by atoms with Crippen LogP contribution in [-0.2, 0) is 11.2 Å². The molecule has 1 saturated heterocycles. The Morgan fingerprint density at radius 1 is 1.30 bits per heavy atom. The molecule has 0 aliphatic carbocycles. The zero-order valence-corrected chi connectivity index (χ0v) is 14.5. The van der Waals surface area contributed by atoms with Crippen LogP contribution in [-0.4, -0.2) is 68.8 Å². The molecule has 1 aliphatic rings. The Morgan fingerprint density at radius 2 is 2.09 bits per heavy atom. The number of amides is 2. The maximum Gasteiger partial charge on any atom is 0.317 e. The smallest absolute Gasteiger partial charge is 0.317 e. The molecule has 0 aromatic heterocycles. The van der Waals surface area contributed by atoms with Gasteiger partial charge in [-0.05, 0) is 30.5 Å². The van der Waals surface area contributed by atoms with Crippen LogP contribution in [0, 0.1) is 0 Å². The molecule has 0 unspecified atom stereocenters. The third-order valence-electron chi connectivity index (χ3n) is 4.06. The van der Waals surface area contributed by atoms with Crippen molar-refractivity contribution in [2.45, 2.75) is 12.8 Å². The number of methoxy groups -OCH3 is 1. The van der Waals surface area contributed by atoms with Gasteiger partial charge in [-0.1, -0.05) is 23.7 Å².